The maximum atomic E-state index is 5.84. The van der Waals surface area contributed by atoms with Gasteiger partial charge in [0, 0.05) is 5.92 Å². The van der Waals surface area contributed by atoms with Gasteiger partial charge < -0.3 is 9.47 Å². The topological polar surface area (TPSA) is 18.5 Å². The zero-order chi connectivity index (χ0) is 10.0. The molecule has 2 nitrogen and oxygen atoms in total. The number of hydrogen-bond donors (Lipinski definition) is 0. The molecular weight excluding hydrogens is 176 g/mol. The van der Waals surface area contributed by atoms with Crippen molar-refractivity contribution in [2.45, 2.75) is 45.3 Å². The van der Waals surface area contributed by atoms with Crippen molar-refractivity contribution >= 4 is 0 Å². The number of rotatable bonds is 2. The summed E-state index contributed by atoms with van der Waals surface area (Å²) < 4.78 is 11.7. The van der Waals surface area contributed by atoms with Crippen molar-refractivity contribution in [1.82, 2.24) is 0 Å². The molecule has 1 fully saturated rings. The van der Waals surface area contributed by atoms with Crippen LogP contribution < -0.4 is 0 Å². The maximum Gasteiger partial charge on any atom is 0.174 e. The highest BCUT2D eigenvalue weighted by Gasteiger charge is 2.43. The van der Waals surface area contributed by atoms with Gasteiger partial charge in [0.05, 0.1) is 13.2 Å². The van der Waals surface area contributed by atoms with Crippen LogP contribution in [0.3, 0.4) is 0 Å². The molecule has 0 spiro atoms. The lowest BCUT2D eigenvalue weighted by Crippen LogP contribution is -2.40. The minimum atomic E-state index is -0.291. The first kappa shape index (κ1) is 10.2. The Morgan fingerprint density at radius 3 is 2.71 bits per heavy atom. The van der Waals surface area contributed by atoms with Crippen LogP contribution in [-0.4, -0.2) is 19.0 Å². The van der Waals surface area contributed by atoms with E-state index in [0.717, 1.165) is 19.6 Å². The Morgan fingerprint density at radius 1 is 1.43 bits per heavy atom. The molecule has 1 heterocycles. The SMILES string of the molecule is CCC1(C2CCCC=C2C)OCCO1. The minimum absolute atomic E-state index is 0.291. The van der Waals surface area contributed by atoms with E-state index in [2.05, 4.69) is 19.9 Å². The van der Waals surface area contributed by atoms with Gasteiger partial charge in [0.2, 0.25) is 0 Å². The van der Waals surface area contributed by atoms with E-state index in [1.165, 1.54) is 24.8 Å². The van der Waals surface area contributed by atoms with Crippen LogP contribution in [0.1, 0.15) is 39.5 Å². The monoisotopic (exact) mass is 196 g/mol. The average Bonchev–Trinajstić information content (AvgIpc) is 2.68. The predicted octanol–water partition coefficient (Wildman–Crippen LogP) is 2.89. The molecule has 0 aromatic rings. The van der Waals surface area contributed by atoms with Crippen LogP contribution in [-0.2, 0) is 9.47 Å². The third-order valence-electron chi connectivity index (χ3n) is 3.51. The van der Waals surface area contributed by atoms with E-state index in [0.29, 0.717) is 5.92 Å². The summed E-state index contributed by atoms with van der Waals surface area (Å²) in [5.74, 6) is 0.199. The van der Waals surface area contributed by atoms with Crippen molar-refractivity contribution in [3.63, 3.8) is 0 Å². The van der Waals surface area contributed by atoms with Gasteiger partial charge in [-0.25, -0.2) is 0 Å². The fourth-order valence-corrected chi connectivity index (χ4v) is 2.71. The van der Waals surface area contributed by atoms with Gasteiger partial charge in [-0.1, -0.05) is 18.6 Å². The molecule has 1 atom stereocenters. The van der Waals surface area contributed by atoms with Crippen molar-refractivity contribution in [3.05, 3.63) is 11.6 Å². The van der Waals surface area contributed by atoms with E-state index in [1.54, 1.807) is 0 Å². The number of ether oxygens (including phenoxy) is 2. The quantitative estimate of drug-likeness (QED) is 0.632. The molecule has 14 heavy (non-hydrogen) atoms. The Bertz CT molecular complexity index is 226. The zero-order valence-electron chi connectivity index (χ0n) is 9.21. The highest BCUT2D eigenvalue weighted by atomic mass is 16.7. The Labute approximate surface area is 86.3 Å². The molecule has 1 unspecified atom stereocenters. The van der Waals surface area contributed by atoms with Crippen molar-refractivity contribution in [1.29, 1.82) is 0 Å². The lowest BCUT2D eigenvalue weighted by atomic mass is 9.81. The molecule has 1 aliphatic carbocycles. The van der Waals surface area contributed by atoms with Crippen molar-refractivity contribution in [2.75, 3.05) is 13.2 Å². The zero-order valence-corrected chi connectivity index (χ0v) is 9.21. The second-order valence-electron chi connectivity index (χ2n) is 4.29. The molecule has 80 valence electrons. The van der Waals surface area contributed by atoms with Gasteiger partial charge >= 0.3 is 0 Å². The molecule has 1 saturated heterocycles. The number of allylic oxidation sites excluding steroid dienone is 1. The fraction of sp³-hybridized carbons (Fsp3) is 0.833. The van der Waals surface area contributed by atoms with Gasteiger partial charge in [0.15, 0.2) is 5.79 Å². The molecule has 0 N–H and O–H groups in total. The molecule has 2 heteroatoms. The van der Waals surface area contributed by atoms with Crippen molar-refractivity contribution < 1.29 is 9.47 Å². The highest BCUT2D eigenvalue weighted by Crippen LogP contribution is 2.40. The third-order valence-corrected chi connectivity index (χ3v) is 3.51. The van der Waals surface area contributed by atoms with Crippen molar-refractivity contribution in [2.24, 2.45) is 5.92 Å². The van der Waals surface area contributed by atoms with Crippen LogP contribution in [0.15, 0.2) is 11.6 Å². The second-order valence-corrected chi connectivity index (χ2v) is 4.29. The van der Waals surface area contributed by atoms with Gasteiger partial charge in [0.1, 0.15) is 0 Å². The summed E-state index contributed by atoms with van der Waals surface area (Å²) in [7, 11) is 0. The second kappa shape index (κ2) is 4.03. The molecule has 0 bridgehead atoms. The van der Waals surface area contributed by atoms with E-state index in [4.69, 9.17) is 9.47 Å². The van der Waals surface area contributed by atoms with Crippen LogP contribution in [0.4, 0.5) is 0 Å². The molecule has 0 radical (unpaired) electrons. The van der Waals surface area contributed by atoms with Crippen LogP contribution in [0.5, 0.6) is 0 Å². The van der Waals surface area contributed by atoms with Crippen LogP contribution in [0.2, 0.25) is 0 Å². The first-order valence-electron chi connectivity index (χ1n) is 5.73. The van der Waals surface area contributed by atoms with E-state index >= 15 is 0 Å². The van der Waals surface area contributed by atoms with Gasteiger partial charge in [-0.2, -0.15) is 0 Å². The summed E-state index contributed by atoms with van der Waals surface area (Å²) in [5.41, 5.74) is 1.46. The van der Waals surface area contributed by atoms with E-state index in [1.807, 2.05) is 0 Å². The van der Waals surface area contributed by atoms with Crippen LogP contribution >= 0.6 is 0 Å². The fourth-order valence-electron chi connectivity index (χ4n) is 2.71. The Kier molecular flexibility index (Phi) is 2.93. The minimum Gasteiger partial charge on any atom is -0.347 e. The summed E-state index contributed by atoms with van der Waals surface area (Å²) in [6, 6.07) is 0. The molecule has 2 aliphatic rings. The van der Waals surface area contributed by atoms with Gasteiger partial charge in [-0.15, -0.1) is 0 Å². The molecule has 0 saturated carbocycles. The Hall–Kier alpha value is -0.340. The van der Waals surface area contributed by atoms with Gasteiger partial charge in [-0.05, 0) is 32.6 Å². The largest absolute Gasteiger partial charge is 0.347 e. The first-order chi connectivity index (χ1) is 6.78. The first-order valence-corrected chi connectivity index (χ1v) is 5.73. The summed E-state index contributed by atoms with van der Waals surface area (Å²) >= 11 is 0. The molecular formula is C12H20O2. The van der Waals surface area contributed by atoms with Crippen molar-refractivity contribution in [3.8, 4) is 0 Å². The normalized spacial score (nSPS) is 31.6. The molecule has 0 aromatic carbocycles. The van der Waals surface area contributed by atoms with Crippen LogP contribution in [0, 0.1) is 5.92 Å². The summed E-state index contributed by atoms with van der Waals surface area (Å²) in [6.45, 7) is 5.90. The van der Waals surface area contributed by atoms with E-state index < -0.39 is 0 Å². The lowest BCUT2D eigenvalue weighted by molar-refractivity contribution is -0.191. The van der Waals surface area contributed by atoms with Crippen LogP contribution in [0.25, 0.3) is 0 Å². The average molecular weight is 196 g/mol. The molecule has 0 aromatic heterocycles. The van der Waals surface area contributed by atoms with Gasteiger partial charge in [-0.3, -0.25) is 0 Å². The molecule has 2 rings (SSSR count). The smallest absolute Gasteiger partial charge is 0.174 e. The third kappa shape index (κ3) is 1.61. The number of hydrogen-bond acceptors (Lipinski definition) is 2. The highest BCUT2D eigenvalue weighted by molar-refractivity contribution is 5.11. The van der Waals surface area contributed by atoms with E-state index in [-0.39, 0.29) is 5.79 Å². The van der Waals surface area contributed by atoms with Gasteiger partial charge in [0.25, 0.3) is 0 Å². The van der Waals surface area contributed by atoms with E-state index in [9.17, 15) is 0 Å². The Balaban J connectivity index is 2.18. The summed E-state index contributed by atoms with van der Waals surface area (Å²) in [5, 5.41) is 0. The Morgan fingerprint density at radius 2 is 2.14 bits per heavy atom. The summed E-state index contributed by atoms with van der Waals surface area (Å²) in [6.07, 6.45) is 7.02. The lowest BCUT2D eigenvalue weighted by Gasteiger charge is -2.37. The maximum absolute atomic E-state index is 5.84. The molecule has 1 aliphatic heterocycles. The summed E-state index contributed by atoms with van der Waals surface area (Å²) in [4.78, 5) is 0. The predicted molar refractivity (Wildman–Crippen MR) is 56.0 cm³/mol. The standard InChI is InChI=1S/C12H20O2/c1-3-12(13-8-9-14-12)11-7-5-4-6-10(11)2/h6,11H,3-5,7-9H2,1-2H3. The molecule has 0 amide bonds.